The van der Waals surface area contributed by atoms with Crippen LogP contribution in [0.3, 0.4) is 0 Å². The minimum atomic E-state index is -0.659. The molecule has 1 aromatic heterocycles. The van der Waals surface area contributed by atoms with Gasteiger partial charge in [-0.15, -0.1) is 0 Å². The number of nitrogens with zero attached hydrogens (tertiary/aromatic N) is 2. The Kier molecular flexibility index (Phi) is 3.04. The third kappa shape index (κ3) is 2.30. The van der Waals surface area contributed by atoms with Crippen LogP contribution in [0.4, 0.5) is 0 Å². The van der Waals surface area contributed by atoms with E-state index in [-0.39, 0.29) is 0 Å². The van der Waals surface area contributed by atoms with Crippen LogP contribution in [-0.2, 0) is 9.59 Å². The minimum Gasteiger partial charge on any atom is -0.448 e. The van der Waals surface area contributed by atoms with Gasteiger partial charge in [-0.1, -0.05) is 0 Å². The molecule has 7 heteroatoms. The second-order valence-corrected chi connectivity index (χ2v) is 3.85. The van der Waals surface area contributed by atoms with Crippen LogP contribution >= 0.6 is 15.9 Å². The Labute approximate surface area is 99.4 Å². The summed E-state index contributed by atoms with van der Waals surface area (Å²) in [5, 5.41) is 7.42. The fourth-order valence-electron chi connectivity index (χ4n) is 1.20. The molecule has 2 heterocycles. The van der Waals surface area contributed by atoms with E-state index in [0.717, 1.165) is 5.01 Å². The summed E-state index contributed by atoms with van der Waals surface area (Å²) in [7, 11) is 0. The van der Waals surface area contributed by atoms with E-state index in [1.54, 1.807) is 12.1 Å². The molecule has 0 spiro atoms. The molecule has 1 N–H and O–H groups in total. The third-order valence-corrected chi connectivity index (χ3v) is 2.38. The molecule has 0 radical (unpaired) electrons. The molecular formula is C9H8BrN3O3. The topological polar surface area (TPSA) is 74.9 Å². The summed E-state index contributed by atoms with van der Waals surface area (Å²) in [6.07, 6.45) is 1.39. The molecule has 1 fully saturated rings. The monoisotopic (exact) mass is 285 g/mol. The van der Waals surface area contributed by atoms with Crippen LogP contribution in [0.1, 0.15) is 5.76 Å². The van der Waals surface area contributed by atoms with Crippen molar-refractivity contribution in [3.8, 4) is 0 Å². The smallest absolute Gasteiger partial charge is 0.331 e. The fourth-order valence-corrected chi connectivity index (χ4v) is 1.52. The lowest BCUT2D eigenvalue weighted by Crippen LogP contribution is -2.49. The third-order valence-electron chi connectivity index (χ3n) is 1.96. The molecule has 1 aliphatic heterocycles. The van der Waals surface area contributed by atoms with Gasteiger partial charge in [-0.3, -0.25) is 9.59 Å². The average Bonchev–Trinajstić information content (AvgIpc) is 2.67. The first-order valence-corrected chi connectivity index (χ1v) is 5.35. The summed E-state index contributed by atoms with van der Waals surface area (Å²) < 4.78 is 5.75. The van der Waals surface area contributed by atoms with Crippen LogP contribution in [0.5, 0.6) is 0 Å². The van der Waals surface area contributed by atoms with E-state index >= 15 is 0 Å². The summed E-state index contributed by atoms with van der Waals surface area (Å²) in [4.78, 5) is 22.3. The van der Waals surface area contributed by atoms with Gasteiger partial charge in [0.2, 0.25) is 0 Å². The number of amides is 2. The maximum atomic E-state index is 11.3. The van der Waals surface area contributed by atoms with E-state index in [1.807, 2.05) is 0 Å². The zero-order valence-electron chi connectivity index (χ0n) is 8.14. The number of nitrogens with one attached hydrogen (secondary N) is 1. The number of rotatable bonds is 2. The molecule has 1 saturated heterocycles. The highest BCUT2D eigenvalue weighted by Gasteiger charge is 2.25. The molecule has 0 aromatic carbocycles. The van der Waals surface area contributed by atoms with Crippen molar-refractivity contribution >= 4 is 34.0 Å². The average molecular weight is 286 g/mol. The van der Waals surface area contributed by atoms with Crippen LogP contribution in [0, 0.1) is 0 Å². The van der Waals surface area contributed by atoms with Crippen LogP contribution in [0.15, 0.2) is 26.3 Å². The van der Waals surface area contributed by atoms with Gasteiger partial charge in [-0.2, -0.15) is 5.10 Å². The lowest BCUT2D eigenvalue weighted by Gasteiger charge is -2.20. The lowest BCUT2D eigenvalue weighted by atomic mass is 10.4. The van der Waals surface area contributed by atoms with Crippen LogP contribution in [0.2, 0.25) is 0 Å². The Morgan fingerprint density at radius 2 is 2.31 bits per heavy atom. The van der Waals surface area contributed by atoms with E-state index in [4.69, 9.17) is 4.42 Å². The first-order valence-electron chi connectivity index (χ1n) is 4.56. The Morgan fingerprint density at radius 3 is 3.00 bits per heavy atom. The van der Waals surface area contributed by atoms with Crippen molar-refractivity contribution in [2.45, 2.75) is 0 Å². The molecule has 1 aliphatic rings. The number of carbonyl (C=O) groups excluding carboxylic acids is 2. The van der Waals surface area contributed by atoms with Gasteiger partial charge < -0.3 is 9.73 Å². The van der Waals surface area contributed by atoms with E-state index < -0.39 is 11.8 Å². The van der Waals surface area contributed by atoms with Gasteiger partial charge in [0, 0.05) is 6.54 Å². The quantitative estimate of drug-likeness (QED) is 0.629. The maximum absolute atomic E-state index is 11.3. The number of hydrazone groups is 1. The van der Waals surface area contributed by atoms with Gasteiger partial charge in [0.15, 0.2) is 4.67 Å². The Morgan fingerprint density at radius 1 is 1.50 bits per heavy atom. The second kappa shape index (κ2) is 4.48. The zero-order chi connectivity index (χ0) is 11.5. The first kappa shape index (κ1) is 10.9. The minimum absolute atomic E-state index is 0.364. The number of halogens is 1. The number of hydrogen-bond acceptors (Lipinski definition) is 4. The molecule has 84 valence electrons. The van der Waals surface area contributed by atoms with Crippen LogP contribution in [0.25, 0.3) is 0 Å². The van der Waals surface area contributed by atoms with Crippen molar-refractivity contribution in [2.75, 3.05) is 13.1 Å². The number of hydrogen-bond donors (Lipinski definition) is 1. The molecule has 0 atom stereocenters. The van der Waals surface area contributed by atoms with Gasteiger partial charge in [0.1, 0.15) is 5.76 Å². The second-order valence-electron chi connectivity index (χ2n) is 3.07. The maximum Gasteiger partial charge on any atom is 0.331 e. The summed E-state index contributed by atoms with van der Waals surface area (Å²) in [6, 6.07) is 3.41. The predicted octanol–water partition coefficient (Wildman–Crippen LogP) is 0.334. The molecule has 1 aromatic rings. The van der Waals surface area contributed by atoms with Crippen LogP contribution in [-0.4, -0.2) is 36.1 Å². The number of furan rings is 1. The van der Waals surface area contributed by atoms with Gasteiger partial charge in [-0.05, 0) is 28.1 Å². The van der Waals surface area contributed by atoms with E-state index in [0.29, 0.717) is 23.5 Å². The van der Waals surface area contributed by atoms with Crippen molar-refractivity contribution in [2.24, 2.45) is 5.10 Å². The molecule has 0 bridgehead atoms. The highest BCUT2D eigenvalue weighted by atomic mass is 79.9. The Balaban J connectivity index is 2.06. The molecule has 2 rings (SSSR count). The van der Waals surface area contributed by atoms with Gasteiger partial charge in [-0.25, -0.2) is 5.01 Å². The Bertz CT molecular complexity index is 455. The molecule has 16 heavy (non-hydrogen) atoms. The highest BCUT2D eigenvalue weighted by molar-refractivity contribution is 9.10. The van der Waals surface area contributed by atoms with Crippen molar-refractivity contribution in [3.63, 3.8) is 0 Å². The molecule has 0 aliphatic carbocycles. The summed E-state index contributed by atoms with van der Waals surface area (Å²) in [6.45, 7) is 0.771. The highest BCUT2D eigenvalue weighted by Crippen LogP contribution is 2.12. The van der Waals surface area contributed by atoms with E-state index in [1.165, 1.54) is 6.21 Å². The molecule has 0 saturated carbocycles. The Hall–Kier alpha value is -1.63. The number of piperazine rings is 1. The summed E-state index contributed by atoms with van der Waals surface area (Å²) in [5.74, 6) is -0.789. The van der Waals surface area contributed by atoms with Crippen molar-refractivity contribution in [1.29, 1.82) is 0 Å². The van der Waals surface area contributed by atoms with Crippen molar-refractivity contribution in [1.82, 2.24) is 10.3 Å². The van der Waals surface area contributed by atoms with Gasteiger partial charge in [0.25, 0.3) is 0 Å². The largest absolute Gasteiger partial charge is 0.448 e. The van der Waals surface area contributed by atoms with Gasteiger partial charge >= 0.3 is 11.8 Å². The van der Waals surface area contributed by atoms with E-state index in [9.17, 15) is 9.59 Å². The summed E-state index contributed by atoms with van der Waals surface area (Å²) in [5.41, 5.74) is 0. The molecule has 2 amide bonds. The van der Waals surface area contributed by atoms with Crippen molar-refractivity contribution < 1.29 is 14.0 Å². The standard InChI is InChI=1S/C9H8BrN3O3/c10-7-2-1-6(16-7)5-12-13-4-3-11-8(14)9(13)15/h1-2,5H,3-4H2,(H,11,14). The molecule has 0 unspecified atom stereocenters. The van der Waals surface area contributed by atoms with E-state index in [2.05, 4.69) is 26.3 Å². The van der Waals surface area contributed by atoms with Crippen molar-refractivity contribution in [3.05, 3.63) is 22.6 Å². The predicted molar refractivity (Wildman–Crippen MR) is 58.7 cm³/mol. The summed E-state index contributed by atoms with van der Waals surface area (Å²) >= 11 is 3.15. The molecule has 6 nitrogen and oxygen atoms in total. The van der Waals surface area contributed by atoms with Gasteiger partial charge in [0.05, 0.1) is 12.8 Å². The molecular weight excluding hydrogens is 278 g/mol. The lowest BCUT2D eigenvalue weighted by molar-refractivity contribution is -0.148. The SMILES string of the molecule is O=C1NCCN(N=Cc2ccc(Br)o2)C1=O. The normalized spacial score (nSPS) is 16.9. The fraction of sp³-hybridized carbons (Fsp3) is 0.222. The number of carbonyl (C=O) groups is 2. The zero-order valence-corrected chi connectivity index (χ0v) is 9.73. The first-order chi connectivity index (χ1) is 7.66. The van der Waals surface area contributed by atoms with Crippen LogP contribution < -0.4 is 5.32 Å².